The average molecular weight is 373 g/mol. The fourth-order valence-electron chi connectivity index (χ4n) is 2.73. The van der Waals surface area contributed by atoms with E-state index < -0.39 is 6.36 Å². The SMILES string of the molecule is CC(Cc1ccc(OC(F)(F)F)cc1Cl)CN(C)Cc1cccnc1. The molecule has 1 aromatic heterocycles. The van der Waals surface area contributed by atoms with Crippen LogP contribution in [0.3, 0.4) is 0 Å². The normalized spacial score (nSPS) is 13.1. The van der Waals surface area contributed by atoms with Gasteiger partial charge < -0.3 is 9.64 Å². The number of benzene rings is 1. The van der Waals surface area contributed by atoms with Gasteiger partial charge in [0, 0.05) is 30.5 Å². The number of alkyl halides is 3. The summed E-state index contributed by atoms with van der Waals surface area (Å²) in [4.78, 5) is 6.27. The maximum Gasteiger partial charge on any atom is 0.573 e. The topological polar surface area (TPSA) is 25.4 Å². The molecule has 136 valence electrons. The third-order valence-corrected chi connectivity index (χ3v) is 3.98. The van der Waals surface area contributed by atoms with Crippen LogP contribution in [0, 0.1) is 5.92 Å². The molecule has 1 atom stereocenters. The standard InChI is InChI=1S/C18H20ClF3N2O/c1-13(11-24(2)12-14-4-3-7-23-10-14)8-15-5-6-16(9-17(15)19)25-18(20,21)22/h3-7,9-10,13H,8,11-12H2,1-2H3. The van der Waals surface area contributed by atoms with Gasteiger partial charge in [0.1, 0.15) is 5.75 Å². The van der Waals surface area contributed by atoms with Crippen molar-refractivity contribution in [2.45, 2.75) is 26.3 Å². The minimum Gasteiger partial charge on any atom is -0.406 e. The van der Waals surface area contributed by atoms with Crippen LogP contribution in [-0.4, -0.2) is 29.8 Å². The second-order valence-electron chi connectivity index (χ2n) is 6.17. The van der Waals surface area contributed by atoms with Gasteiger partial charge in [0.15, 0.2) is 0 Å². The fraction of sp³-hybridized carbons (Fsp3) is 0.389. The lowest BCUT2D eigenvalue weighted by Crippen LogP contribution is -2.25. The number of ether oxygens (including phenoxy) is 1. The van der Waals surface area contributed by atoms with E-state index in [1.165, 1.54) is 12.1 Å². The van der Waals surface area contributed by atoms with Crippen LogP contribution in [0.2, 0.25) is 5.02 Å². The Bertz CT molecular complexity index is 680. The zero-order valence-corrected chi connectivity index (χ0v) is 14.8. The van der Waals surface area contributed by atoms with E-state index in [9.17, 15) is 13.2 Å². The van der Waals surface area contributed by atoms with Crippen molar-refractivity contribution in [1.82, 2.24) is 9.88 Å². The van der Waals surface area contributed by atoms with Crippen LogP contribution in [0.4, 0.5) is 13.2 Å². The lowest BCUT2D eigenvalue weighted by molar-refractivity contribution is -0.274. The zero-order valence-electron chi connectivity index (χ0n) is 14.1. The quantitative estimate of drug-likeness (QED) is 0.688. The van der Waals surface area contributed by atoms with Crippen molar-refractivity contribution in [2.75, 3.05) is 13.6 Å². The Morgan fingerprint density at radius 3 is 2.64 bits per heavy atom. The van der Waals surface area contributed by atoms with Crippen LogP contribution in [0.15, 0.2) is 42.7 Å². The van der Waals surface area contributed by atoms with E-state index in [0.29, 0.717) is 6.42 Å². The summed E-state index contributed by atoms with van der Waals surface area (Å²) in [6.07, 6.45) is -0.479. The lowest BCUT2D eigenvalue weighted by atomic mass is 10.0. The van der Waals surface area contributed by atoms with E-state index in [-0.39, 0.29) is 16.7 Å². The van der Waals surface area contributed by atoms with Gasteiger partial charge in [-0.25, -0.2) is 0 Å². The molecule has 0 aliphatic carbocycles. The van der Waals surface area contributed by atoms with Crippen LogP contribution in [-0.2, 0) is 13.0 Å². The van der Waals surface area contributed by atoms with Crippen molar-refractivity contribution < 1.29 is 17.9 Å². The van der Waals surface area contributed by atoms with Crippen LogP contribution in [0.5, 0.6) is 5.75 Å². The Balaban J connectivity index is 1.90. The highest BCUT2D eigenvalue weighted by molar-refractivity contribution is 6.31. The summed E-state index contributed by atoms with van der Waals surface area (Å²) < 4.78 is 40.6. The molecule has 0 spiro atoms. The average Bonchev–Trinajstić information content (AvgIpc) is 2.49. The van der Waals surface area contributed by atoms with Crippen molar-refractivity contribution in [3.63, 3.8) is 0 Å². The molecule has 0 bridgehead atoms. The number of aromatic nitrogens is 1. The first-order chi connectivity index (χ1) is 11.7. The van der Waals surface area contributed by atoms with Crippen LogP contribution < -0.4 is 4.74 Å². The monoisotopic (exact) mass is 372 g/mol. The molecule has 0 saturated heterocycles. The van der Waals surface area contributed by atoms with Crippen LogP contribution in [0.1, 0.15) is 18.1 Å². The fourth-order valence-corrected chi connectivity index (χ4v) is 2.98. The van der Waals surface area contributed by atoms with Gasteiger partial charge in [-0.15, -0.1) is 13.2 Å². The summed E-state index contributed by atoms with van der Waals surface area (Å²) in [6, 6.07) is 8.00. The van der Waals surface area contributed by atoms with Gasteiger partial charge in [0.2, 0.25) is 0 Å². The van der Waals surface area contributed by atoms with Crippen molar-refractivity contribution in [1.29, 1.82) is 0 Å². The van der Waals surface area contributed by atoms with Crippen molar-refractivity contribution in [2.24, 2.45) is 5.92 Å². The van der Waals surface area contributed by atoms with Gasteiger partial charge in [-0.1, -0.05) is 30.7 Å². The Labute approximate surface area is 150 Å². The minimum absolute atomic E-state index is 0.281. The molecule has 2 rings (SSSR count). The minimum atomic E-state index is -4.72. The lowest BCUT2D eigenvalue weighted by Gasteiger charge is -2.22. The largest absolute Gasteiger partial charge is 0.573 e. The summed E-state index contributed by atoms with van der Waals surface area (Å²) in [6.45, 7) is 3.69. The third kappa shape index (κ3) is 6.92. The molecule has 0 aliphatic heterocycles. The maximum atomic E-state index is 12.2. The van der Waals surface area contributed by atoms with Gasteiger partial charge in [-0.2, -0.15) is 0 Å². The molecule has 3 nitrogen and oxygen atoms in total. The predicted octanol–water partition coefficient (Wildman–Crippen LogP) is 4.94. The molecule has 1 aromatic carbocycles. The summed E-state index contributed by atoms with van der Waals surface area (Å²) in [5.74, 6) is -0.0174. The molecule has 0 fully saturated rings. The van der Waals surface area contributed by atoms with Crippen molar-refractivity contribution in [3.05, 3.63) is 58.9 Å². The molecule has 0 amide bonds. The summed E-state index contributed by atoms with van der Waals surface area (Å²) in [5.41, 5.74) is 1.93. The molecule has 0 radical (unpaired) electrons. The molecule has 0 N–H and O–H groups in total. The second-order valence-corrected chi connectivity index (χ2v) is 6.58. The highest BCUT2D eigenvalue weighted by Gasteiger charge is 2.31. The van der Waals surface area contributed by atoms with Gasteiger partial charge in [0.25, 0.3) is 0 Å². The first-order valence-corrected chi connectivity index (χ1v) is 8.22. The smallest absolute Gasteiger partial charge is 0.406 e. The number of halogens is 4. The number of rotatable bonds is 7. The second kappa shape index (κ2) is 8.54. The van der Waals surface area contributed by atoms with Crippen LogP contribution >= 0.6 is 11.6 Å². The third-order valence-electron chi connectivity index (χ3n) is 3.63. The number of hydrogen-bond donors (Lipinski definition) is 0. The Kier molecular flexibility index (Phi) is 6.67. The van der Waals surface area contributed by atoms with E-state index in [2.05, 4.69) is 21.5 Å². The zero-order chi connectivity index (χ0) is 18.4. The first kappa shape index (κ1) is 19.5. The molecule has 7 heteroatoms. The van der Waals surface area contributed by atoms with E-state index in [0.717, 1.165) is 24.2 Å². The molecule has 0 aliphatic rings. The Morgan fingerprint density at radius 1 is 1.28 bits per heavy atom. The molecular formula is C18H20ClF3N2O. The van der Waals surface area contributed by atoms with Crippen molar-refractivity contribution >= 4 is 11.6 Å². The van der Waals surface area contributed by atoms with E-state index in [1.54, 1.807) is 12.3 Å². The Hall–Kier alpha value is -1.79. The van der Waals surface area contributed by atoms with E-state index in [1.807, 2.05) is 25.4 Å². The molecule has 25 heavy (non-hydrogen) atoms. The van der Waals surface area contributed by atoms with Gasteiger partial charge in [-0.05, 0) is 48.7 Å². The summed E-state index contributed by atoms with van der Waals surface area (Å²) in [7, 11) is 2.02. The molecule has 2 aromatic rings. The van der Waals surface area contributed by atoms with Gasteiger partial charge in [0.05, 0.1) is 0 Å². The van der Waals surface area contributed by atoms with E-state index >= 15 is 0 Å². The van der Waals surface area contributed by atoms with E-state index in [4.69, 9.17) is 11.6 Å². The number of hydrogen-bond acceptors (Lipinski definition) is 3. The highest BCUT2D eigenvalue weighted by Crippen LogP contribution is 2.28. The Morgan fingerprint density at radius 2 is 2.04 bits per heavy atom. The summed E-state index contributed by atoms with van der Waals surface area (Å²) >= 11 is 6.10. The van der Waals surface area contributed by atoms with Gasteiger partial charge >= 0.3 is 6.36 Å². The predicted molar refractivity (Wildman–Crippen MR) is 91.6 cm³/mol. The molecule has 0 saturated carbocycles. The highest BCUT2D eigenvalue weighted by atomic mass is 35.5. The summed E-state index contributed by atoms with van der Waals surface area (Å²) in [5, 5.41) is 0.281. The molecule has 1 heterocycles. The van der Waals surface area contributed by atoms with Crippen molar-refractivity contribution in [3.8, 4) is 5.75 Å². The molecular weight excluding hydrogens is 353 g/mol. The number of pyridine rings is 1. The number of nitrogens with zero attached hydrogens (tertiary/aromatic N) is 2. The maximum absolute atomic E-state index is 12.2. The molecule has 1 unspecified atom stereocenters. The van der Waals surface area contributed by atoms with Gasteiger partial charge in [-0.3, -0.25) is 4.98 Å². The van der Waals surface area contributed by atoms with Crippen LogP contribution in [0.25, 0.3) is 0 Å². The first-order valence-electron chi connectivity index (χ1n) is 7.84.